The summed E-state index contributed by atoms with van der Waals surface area (Å²) in [5.74, 6) is -1.69. The van der Waals surface area contributed by atoms with Crippen LogP contribution in [0.3, 0.4) is 0 Å². The Morgan fingerprint density at radius 3 is 2.31 bits per heavy atom. The molecule has 1 aliphatic rings. The van der Waals surface area contributed by atoms with Gasteiger partial charge in [-0.2, -0.15) is 5.10 Å². The van der Waals surface area contributed by atoms with E-state index >= 15 is 0 Å². The van der Waals surface area contributed by atoms with Crippen LogP contribution in [0.5, 0.6) is 0 Å². The summed E-state index contributed by atoms with van der Waals surface area (Å²) in [5, 5.41) is 4.18. The van der Waals surface area contributed by atoms with Crippen LogP contribution in [-0.4, -0.2) is 58.2 Å². The number of alkyl halides is 1. The molecule has 0 amide bonds. The largest absolute Gasteiger partial charge is 0.463 e. The number of hydrogen-bond acceptors (Lipinski definition) is 8. The normalized spacial score (nSPS) is 28.3. The molecule has 2 rings (SSSR count). The van der Waals surface area contributed by atoms with Crippen LogP contribution in [0.15, 0.2) is 16.9 Å². The number of ether oxygens (including phenoxy) is 4. The number of esters is 3. The summed E-state index contributed by atoms with van der Waals surface area (Å²) in [4.78, 5) is 34.3. The van der Waals surface area contributed by atoms with Gasteiger partial charge in [0.1, 0.15) is 18.8 Å². The second-order valence-corrected chi connectivity index (χ2v) is 6.95. The summed E-state index contributed by atoms with van der Waals surface area (Å²) in [7, 11) is 0. The molecule has 1 aliphatic heterocycles. The minimum Gasteiger partial charge on any atom is -0.463 e. The first-order valence-electron chi connectivity index (χ1n) is 7.66. The SMILES string of the molecule is CC(=O)OC[C@H]1O[C@@H](Cl)[C@H](OC(C)=O)[C@@H](n2cc(Br)cn2)[C@H]1OC(C)=O. The number of aromatic nitrogens is 2. The summed E-state index contributed by atoms with van der Waals surface area (Å²) >= 11 is 9.54. The lowest BCUT2D eigenvalue weighted by Gasteiger charge is -2.43. The molecule has 26 heavy (non-hydrogen) atoms. The van der Waals surface area contributed by atoms with Crippen molar-refractivity contribution in [1.29, 1.82) is 0 Å². The highest BCUT2D eigenvalue weighted by atomic mass is 79.9. The lowest BCUT2D eigenvalue weighted by Crippen LogP contribution is -2.57. The minimum absolute atomic E-state index is 0.192. The maximum Gasteiger partial charge on any atom is 0.303 e. The van der Waals surface area contributed by atoms with E-state index in [2.05, 4.69) is 21.0 Å². The van der Waals surface area contributed by atoms with Gasteiger partial charge in [-0.05, 0) is 15.9 Å². The van der Waals surface area contributed by atoms with Crippen molar-refractivity contribution < 1.29 is 33.3 Å². The van der Waals surface area contributed by atoms with E-state index in [4.69, 9.17) is 30.5 Å². The third-order valence-electron chi connectivity index (χ3n) is 3.53. The monoisotopic (exact) mass is 452 g/mol. The van der Waals surface area contributed by atoms with Crippen molar-refractivity contribution in [3.05, 3.63) is 16.9 Å². The van der Waals surface area contributed by atoms with Gasteiger partial charge in [-0.15, -0.1) is 0 Å². The van der Waals surface area contributed by atoms with E-state index in [1.54, 1.807) is 6.20 Å². The Kier molecular flexibility index (Phi) is 7.01. The molecule has 0 radical (unpaired) electrons. The standard InChI is InChI=1S/C15H18BrClN2O7/c1-7(20)23-6-11-13(24-8(2)21)12(19-5-10(16)4-18-19)14(15(17)26-11)25-9(3)22/h4-5,11-15H,6H2,1-3H3/t11-,12+,13+,14-,15-/m1/s1. The summed E-state index contributed by atoms with van der Waals surface area (Å²) in [6.07, 6.45) is 0.326. The first kappa shape index (κ1) is 20.7. The molecule has 1 aromatic heterocycles. The van der Waals surface area contributed by atoms with Gasteiger partial charge in [0.15, 0.2) is 17.8 Å². The predicted molar refractivity (Wildman–Crippen MR) is 91.2 cm³/mol. The van der Waals surface area contributed by atoms with Gasteiger partial charge in [0.25, 0.3) is 0 Å². The Morgan fingerprint density at radius 1 is 1.19 bits per heavy atom. The quantitative estimate of drug-likeness (QED) is 0.376. The fraction of sp³-hybridized carbons (Fsp3) is 0.600. The molecule has 0 aromatic carbocycles. The molecule has 0 aliphatic carbocycles. The average Bonchev–Trinajstić information content (AvgIpc) is 2.94. The Hall–Kier alpha value is -1.65. The van der Waals surface area contributed by atoms with Crippen LogP contribution in [0.2, 0.25) is 0 Å². The lowest BCUT2D eigenvalue weighted by atomic mass is 9.96. The Bertz CT molecular complexity index is 683. The first-order chi connectivity index (χ1) is 12.2. The summed E-state index contributed by atoms with van der Waals surface area (Å²) < 4.78 is 23.4. The molecule has 1 fully saturated rings. The van der Waals surface area contributed by atoms with Gasteiger partial charge < -0.3 is 18.9 Å². The molecule has 5 atom stereocenters. The highest BCUT2D eigenvalue weighted by molar-refractivity contribution is 9.10. The molecule has 9 nitrogen and oxygen atoms in total. The molecule has 0 saturated carbocycles. The summed E-state index contributed by atoms with van der Waals surface area (Å²) in [6, 6.07) is -0.786. The molecule has 0 N–H and O–H groups in total. The molecular formula is C15H18BrClN2O7. The third-order valence-corrected chi connectivity index (χ3v) is 4.29. The zero-order valence-corrected chi connectivity index (χ0v) is 16.6. The number of nitrogens with zero attached hydrogens (tertiary/aromatic N) is 2. The van der Waals surface area contributed by atoms with Gasteiger partial charge in [-0.1, -0.05) is 11.6 Å². The number of hydrogen-bond donors (Lipinski definition) is 0. The molecule has 2 heterocycles. The van der Waals surface area contributed by atoms with Gasteiger partial charge in [0, 0.05) is 27.0 Å². The lowest BCUT2D eigenvalue weighted by molar-refractivity contribution is -0.213. The Labute approximate surface area is 163 Å². The molecule has 0 spiro atoms. The summed E-state index contributed by atoms with van der Waals surface area (Å²) in [6.45, 7) is 3.51. The van der Waals surface area contributed by atoms with E-state index in [0.29, 0.717) is 4.47 Å². The van der Waals surface area contributed by atoms with E-state index in [9.17, 15) is 14.4 Å². The fourth-order valence-electron chi connectivity index (χ4n) is 2.65. The van der Waals surface area contributed by atoms with Crippen molar-refractivity contribution in [1.82, 2.24) is 9.78 Å². The van der Waals surface area contributed by atoms with Gasteiger partial charge in [0.2, 0.25) is 0 Å². The van der Waals surface area contributed by atoms with Crippen molar-refractivity contribution in [3.8, 4) is 0 Å². The van der Waals surface area contributed by atoms with Crippen LogP contribution in [0.1, 0.15) is 26.8 Å². The maximum absolute atomic E-state index is 11.6. The van der Waals surface area contributed by atoms with Crippen LogP contribution in [-0.2, 0) is 33.3 Å². The summed E-state index contributed by atoms with van der Waals surface area (Å²) in [5.41, 5.74) is -1.07. The fourth-order valence-corrected chi connectivity index (χ4v) is 3.28. The highest BCUT2D eigenvalue weighted by Gasteiger charge is 2.51. The number of halogens is 2. The topological polar surface area (TPSA) is 106 Å². The smallest absolute Gasteiger partial charge is 0.303 e. The van der Waals surface area contributed by atoms with E-state index < -0.39 is 47.8 Å². The second kappa shape index (κ2) is 8.83. The third kappa shape index (κ3) is 5.18. The van der Waals surface area contributed by atoms with Crippen LogP contribution < -0.4 is 0 Å². The molecule has 0 unspecified atom stereocenters. The van der Waals surface area contributed by atoms with E-state index in [1.807, 2.05) is 0 Å². The van der Waals surface area contributed by atoms with Crippen LogP contribution in [0, 0.1) is 0 Å². The van der Waals surface area contributed by atoms with E-state index in [0.717, 1.165) is 0 Å². The Balaban J connectivity index is 2.42. The van der Waals surface area contributed by atoms with Crippen molar-refractivity contribution in [2.75, 3.05) is 6.61 Å². The van der Waals surface area contributed by atoms with Crippen LogP contribution in [0.25, 0.3) is 0 Å². The van der Waals surface area contributed by atoms with Crippen LogP contribution >= 0.6 is 27.5 Å². The zero-order chi connectivity index (χ0) is 19.4. The van der Waals surface area contributed by atoms with Gasteiger partial charge in [-0.25, -0.2) is 0 Å². The second-order valence-electron chi connectivity index (χ2n) is 5.61. The van der Waals surface area contributed by atoms with Crippen molar-refractivity contribution in [3.63, 3.8) is 0 Å². The number of rotatable bonds is 5. The van der Waals surface area contributed by atoms with Gasteiger partial charge in [0.05, 0.1) is 10.7 Å². The van der Waals surface area contributed by atoms with Crippen LogP contribution in [0.4, 0.5) is 0 Å². The minimum atomic E-state index is -1.07. The van der Waals surface area contributed by atoms with Crippen molar-refractivity contribution in [2.45, 2.75) is 50.7 Å². The highest BCUT2D eigenvalue weighted by Crippen LogP contribution is 2.36. The number of carbonyl (C=O) groups excluding carboxylic acids is 3. The van der Waals surface area contributed by atoms with Crippen molar-refractivity contribution in [2.24, 2.45) is 0 Å². The predicted octanol–water partition coefficient (Wildman–Crippen LogP) is 1.58. The first-order valence-corrected chi connectivity index (χ1v) is 8.89. The average molecular weight is 454 g/mol. The van der Waals surface area contributed by atoms with E-state index in [1.165, 1.54) is 31.6 Å². The molecule has 1 saturated heterocycles. The molecule has 1 aromatic rings. The molecule has 144 valence electrons. The maximum atomic E-state index is 11.6. The molecule has 0 bridgehead atoms. The van der Waals surface area contributed by atoms with Gasteiger partial charge >= 0.3 is 17.9 Å². The molecular weight excluding hydrogens is 436 g/mol. The van der Waals surface area contributed by atoms with Gasteiger partial charge in [-0.3, -0.25) is 19.1 Å². The molecule has 11 heteroatoms. The zero-order valence-electron chi connectivity index (χ0n) is 14.3. The Morgan fingerprint density at radius 2 is 1.81 bits per heavy atom. The number of carbonyl (C=O) groups is 3. The van der Waals surface area contributed by atoms with E-state index in [-0.39, 0.29) is 6.61 Å². The van der Waals surface area contributed by atoms with Crippen molar-refractivity contribution >= 4 is 45.4 Å².